The van der Waals surface area contributed by atoms with Crippen molar-refractivity contribution in [1.29, 1.82) is 0 Å². The number of piperidine rings is 1. The molecule has 3 rings (SSSR count). The van der Waals surface area contributed by atoms with Gasteiger partial charge in [0.2, 0.25) is 11.8 Å². The zero-order valence-electron chi connectivity index (χ0n) is 14.9. The molecule has 2 saturated heterocycles. The van der Waals surface area contributed by atoms with Gasteiger partial charge in [-0.3, -0.25) is 14.5 Å². The number of hydrogen-bond donors (Lipinski definition) is 0. The van der Waals surface area contributed by atoms with Crippen molar-refractivity contribution in [2.45, 2.75) is 39.3 Å². The average Bonchev–Trinajstić information content (AvgIpc) is 2.79. The molecule has 0 N–H and O–H groups in total. The number of imide groups is 1. The van der Waals surface area contributed by atoms with Crippen LogP contribution >= 0.6 is 0 Å². The quantitative estimate of drug-likeness (QED) is 0.773. The fraction of sp³-hybridized carbons (Fsp3) is 0.526. The number of carbonyl (C=O) groups is 3. The number of likely N-dealkylation sites (tertiary alicyclic amines) is 2. The lowest BCUT2D eigenvalue weighted by atomic mass is 9.88. The van der Waals surface area contributed by atoms with Crippen molar-refractivity contribution in [3.8, 4) is 0 Å². The fourth-order valence-corrected chi connectivity index (χ4v) is 3.42. The Kier molecular flexibility index (Phi) is 4.54. The molecule has 134 valence electrons. The third-order valence-corrected chi connectivity index (χ3v) is 4.61. The Morgan fingerprint density at radius 3 is 2.40 bits per heavy atom. The maximum absolute atomic E-state index is 12.7. The maximum atomic E-state index is 12.7. The number of nitrogens with zero attached hydrogens (tertiary/aromatic N) is 2. The third-order valence-electron chi connectivity index (χ3n) is 4.61. The van der Waals surface area contributed by atoms with Gasteiger partial charge in [-0.2, -0.15) is 0 Å². The summed E-state index contributed by atoms with van der Waals surface area (Å²) in [5.41, 5.74) is 0.342. The van der Waals surface area contributed by atoms with Crippen LogP contribution < -0.4 is 0 Å². The lowest BCUT2D eigenvalue weighted by Crippen LogP contribution is -2.46. The van der Waals surface area contributed by atoms with Gasteiger partial charge in [0.05, 0.1) is 18.4 Å². The van der Waals surface area contributed by atoms with Crippen LogP contribution in [-0.4, -0.2) is 46.4 Å². The van der Waals surface area contributed by atoms with E-state index < -0.39 is 17.6 Å². The van der Waals surface area contributed by atoms with Crippen LogP contribution in [0.5, 0.6) is 0 Å². The first-order chi connectivity index (χ1) is 11.8. The Bertz CT molecular complexity index is 680. The SMILES string of the molecule is CC(C)(C)OC(=O)N1CCC2C(=O)N(Cc3ccccc3)C(=O)C2C1. The van der Waals surface area contributed by atoms with E-state index in [4.69, 9.17) is 4.74 Å². The number of hydrogen-bond acceptors (Lipinski definition) is 4. The minimum absolute atomic E-state index is 0.123. The third kappa shape index (κ3) is 3.67. The van der Waals surface area contributed by atoms with Gasteiger partial charge in [-0.1, -0.05) is 30.3 Å². The first kappa shape index (κ1) is 17.5. The van der Waals surface area contributed by atoms with Gasteiger partial charge in [0.1, 0.15) is 5.60 Å². The Morgan fingerprint density at radius 2 is 1.76 bits per heavy atom. The minimum Gasteiger partial charge on any atom is -0.444 e. The van der Waals surface area contributed by atoms with E-state index in [0.29, 0.717) is 13.0 Å². The summed E-state index contributed by atoms with van der Waals surface area (Å²) >= 11 is 0. The number of amides is 3. The molecule has 0 aliphatic carbocycles. The molecule has 0 spiro atoms. The minimum atomic E-state index is -0.581. The van der Waals surface area contributed by atoms with E-state index in [1.165, 1.54) is 4.90 Å². The Hall–Kier alpha value is -2.37. The highest BCUT2D eigenvalue weighted by Gasteiger charge is 2.50. The van der Waals surface area contributed by atoms with Crippen molar-refractivity contribution in [3.63, 3.8) is 0 Å². The van der Waals surface area contributed by atoms with Crippen LogP contribution in [0.25, 0.3) is 0 Å². The lowest BCUT2D eigenvalue weighted by molar-refractivity contribution is -0.140. The standard InChI is InChI=1S/C19H24N2O4/c1-19(2,3)25-18(24)20-10-9-14-15(12-20)17(23)21(16(14)22)11-13-7-5-4-6-8-13/h4-8,14-15H,9-12H2,1-3H3. The van der Waals surface area contributed by atoms with Crippen molar-refractivity contribution >= 4 is 17.9 Å². The van der Waals surface area contributed by atoms with Gasteiger partial charge in [-0.15, -0.1) is 0 Å². The highest BCUT2D eigenvalue weighted by Crippen LogP contribution is 2.34. The van der Waals surface area contributed by atoms with Gasteiger partial charge in [0, 0.05) is 13.1 Å². The van der Waals surface area contributed by atoms with E-state index in [1.807, 2.05) is 51.1 Å². The van der Waals surface area contributed by atoms with Gasteiger partial charge < -0.3 is 9.64 Å². The van der Waals surface area contributed by atoms with Crippen LogP contribution in [0.1, 0.15) is 32.8 Å². The molecule has 3 amide bonds. The molecule has 0 saturated carbocycles. The van der Waals surface area contributed by atoms with E-state index >= 15 is 0 Å². The monoisotopic (exact) mass is 344 g/mol. The Morgan fingerprint density at radius 1 is 1.12 bits per heavy atom. The molecular weight excluding hydrogens is 320 g/mol. The van der Waals surface area contributed by atoms with E-state index in [9.17, 15) is 14.4 Å². The molecule has 25 heavy (non-hydrogen) atoms. The van der Waals surface area contributed by atoms with E-state index in [2.05, 4.69) is 0 Å². The molecule has 0 aromatic heterocycles. The number of benzene rings is 1. The lowest BCUT2D eigenvalue weighted by Gasteiger charge is -2.33. The summed E-state index contributed by atoms with van der Waals surface area (Å²) in [7, 11) is 0. The molecule has 2 aliphatic rings. The second kappa shape index (κ2) is 6.50. The summed E-state index contributed by atoms with van der Waals surface area (Å²) in [6.45, 7) is 6.40. The largest absolute Gasteiger partial charge is 0.444 e. The Labute approximate surface area is 147 Å². The zero-order valence-corrected chi connectivity index (χ0v) is 14.9. The van der Waals surface area contributed by atoms with Crippen molar-refractivity contribution in [2.75, 3.05) is 13.1 Å². The average molecular weight is 344 g/mol. The van der Waals surface area contributed by atoms with Crippen LogP contribution in [0.15, 0.2) is 30.3 Å². The predicted molar refractivity (Wildman–Crippen MR) is 91.4 cm³/mol. The number of fused-ring (bicyclic) bond motifs is 1. The molecule has 2 aliphatic heterocycles. The van der Waals surface area contributed by atoms with Gasteiger partial charge in [-0.05, 0) is 32.8 Å². The number of carbonyl (C=O) groups excluding carboxylic acids is 3. The summed E-state index contributed by atoms with van der Waals surface area (Å²) in [5, 5.41) is 0. The molecule has 2 unspecified atom stereocenters. The predicted octanol–water partition coefficient (Wildman–Crippen LogP) is 2.43. The van der Waals surface area contributed by atoms with Gasteiger partial charge in [0.15, 0.2) is 0 Å². The molecule has 6 heteroatoms. The highest BCUT2D eigenvalue weighted by molar-refractivity contribution is 6.05. The van der Waals surface area contributed by atoms with Crippen LogP contribution in [0.3, 0.4) is 0 Å². The normalized spacial score (nSPS) is 23.6. The van der Waals surface area contributed by atoms with Crippen molar-refractivity contribution < 1.29 is 19.1 Å². The van der Waals surface area contributed by atoms with Crippen LogP contribution in [-0.2, 0) is 20.9 Å². The van der Waals surface area contributed by atoms with Crippen LogP contribution in [0.2, 0.25) is 0 Å². The molecule has 1 aromatic carbocycles. The first-order valence-corrected chi connectivity index (χ1v) is 8.63. The van der Waals surface area contributed by atoms with E-state index in [0.717, 1.165) is 5.56 Å². The number of ether oxygens (including phenoxy) is 1. The van der Waals surface area contributed by atoms with Gasteiger partial charge in [-0.25, -0.2) is 4.79 Å². The van der Waals surface area contributed by atoms with Crippen molar-refractivity contribution in [1.82, 2.24) is 9.80 Å². The smallest absolute Gasteiger partial charge is 0.410 e. The molecular formula is C19H24N2O4. The highest BCUT2D eigenvalue weighted by atomic mass is 16.6. The topological polar surface area (TPSA) is 66.9 Å². The van der Waals surface area contributed by atoms with E-state index in [1.54, 1.807) is 4.90 Å². The fourth-order valence-electron chi connectivity index (χ4n) is 3.42. The second-order valence-electron chi connectivity index (χ2n) is 7.68. The van der Waals surface area contributed by atoms with Crippen LogP contribution in [0, 0.1) is 11.8 Å². The van der Waals surface area contributed by atoms with Crippen LogP contribution in [0.4, 0.5) is 4.79 Å². The Balaban J connectivity index is 1.70. The number of rotatable bonds is 2. The molecule has 6 nitrogen and oxygen atoms in total. The molecule has 0 bridgehead atoms. The summed E-state index contributed by atoms with van der Waals surface area (Å²) in [5.74, 6) is -1.10. The second-order valence-corrected chi connectivity index (χ2v) is 7.68. The molecule has 2 heterocycles. The van der Waals surface area contributed by atoms with Crippen molar-refractivity contribution in [2.24, 2.45) is 11.8 Å². The summed E-state index contributed by atoms with van der Waals surface area (Å²) in [6, 6.07) is 9.47. The van der Waals surface area contributed by atoms with E-state index in [-0.39, 0.29) is 30.8 Å². The maximum Gasteiger partial charge on any atom is 0.410 e. The first-order valence-electron chi connectivity index (χ1n) is 8.63. The van der Waals surface area contributed by atoms with Crippen molar-refractivity contribution in [3.05, 3.63) is 35.9 Å². The summed E-state index contributed by atoms with van der Waals surface area (Å²) in [6.07, 6.45) is 0.0764. The molecule has 2 atom stereocenters. The zero-order chi connectivity index (χ0) is 18.2. The molecule has 0 radical (unpaired) electrons. The molecule has 1 aromatic rings. The summed E-state index contributed by atoms with van der Waals surface area (Å²) in [4.78, 5) is 40.5. The van der Waals surface area contributed by atoms with Gasteiger partial charge >= 0.3 is 6.09 Å². The summed E-state index contributed by atoms with van der Waals surface area (Å²) < 4.78 is 5.39. The van der Waals surface area contributed by atoms with Gasteiger partial charge in [0.25, 0.3) is 0 Å². The molecule has 2 fully saturated rings.